The van der Waals surface area contributed by atoms with Gasteiger partial charge in [-0.05, 0) is 55.7 Å². The Morgan fingerprint density at radius 1 is 1.23 bits per heavy atom. The van der Waals surface area contributed by atoms with Crippen LogP contribution in [0.25, 0.3) is 16.6 Å². The highest BCUT2D eigenvalue weighted by Gasteiger charge is 2.41. The number of carboxylic acid groups (broad SMARTS) is 1. The van der Waals surface area contributed by atoms with Crippen LogP contribution >= 0.6 is 11.6 Å². The fraction of sp³-hybridized carbons (Fsp3) is 0.324. The van der Waals surface area contributed by atoms with Crippen LogP contribution in [0.3, 0.4) is 0 Å². The van der Waals surface area contributed by atoms with Crippen LogP contribution in [0.15, 0.2) is 54.7 Å². The molecular formula is C34H31ClN4O5. The minimum absolute atomic E-state index is 0.0874. The minimum Gasteiger partial charge on any atom is -0.478 e. The van der Waals surface area contributed by atoms with E-state index in [4.69, 9.17) is 30.8 Å². The number of ether oxygens (including phenoxy) is 3. The van der Waals surface area contributed by atoms with Gasteiger partial charge in [0.25, 0.3) is 5.79 Å². The normalized spacial score (nSPS) is 21.0. The highest BCUT2D eigenvalue weighted by molar-refractivity contribution is 6.30. The summed E-state index contributed by atoms with van der Waals surface area (Å²) in [6.07, 6.45) is 5.70. The number of carbonyl (C=O) groups is 1. The lowest BCUT2D eigenvalue weighted by Crippen LogP contribution is -2.33. The number of aromatic nitrogens is 3. The molecule has 44 heavy (non-hydrogen) atoms. The summed E-state index contributed by atoms with van der Waals surface area (Å²) < 4.78 is 20.6. The van der Waals surface area contributed by atoms with Crippen molar-refractivity contribution < 1.29 is 24.1 Å². The monoisotopic (exact) mass is 610 g/mol. The fourth-order valence-corrected chi connectivity index (χ4v) is 6.12. The zero-order valence-electron chi connectivity index (χ0n) is 24.5. The molecule has 9 nitrogen and oxygen atoms in total. The molecule has 0 bridgehead atoms. The number of hydrogen-bond acceptors (Lipinski definition) is 7. The van der Waals surface area contributed by atoms with Gasteiger partial charge in [-0.15, -0.1) is 5.92 Å². The SMILES string of the molecule is CC#Cc1cc(C(=O)O)cc2c1nc(CN1CC=C(c3cccc4c3OC(C)(c3ccc(Cl)cn3)O4)CC1)n2C[C@@H]1CCO1. The van der Waals surface area contributed by atoms with Gasteiger partial charge in [0, 0.05) is 38.4 Å². The number of aromatic carboxylic acids is 1. The number of carboxylic acids is 1. The van der Waals surface area contributed by atoms with Crippen LogP contribution < -0.4 is 9.47 Å². The van der Waals surface area contributed by atoms with Crippen LogP contribution in [0.2, 0.25) is 5.02 Å². The van der Waals surface area contributed by atoms with Crippen molar-refractivity contribution in [3.05, 3.63) is 88.0 Å². The lowest BCUT2D eigenvalue weighted by atomic mass is 9.98. The van der Waals surface area contributed by atoms with Crippen molar-refractivity contribution in [3.8, 4) is 23.3 Å². The average molecular weight is 611 g/mol. The molecule has 1 N–H and O–H groups in total. The van der Waals surface area contributed by atoms with Crippen LogP contribution in [0.4, 0.5) is 0 Å². The van der Waals surface area contributed by atoms with E-state index in [-0.39, 0.29) is 11.7 Å². The highest BCUT2D eigenvalue weighted by atomic mass is 35.5. The van der Waals surface area contributed by atoms with E-state index in [0.29, 0.717) is 40.9 Å². The Labute approximate surface area is 260 Å². The third-order valence-corrected chi connectivity index (χ3v) is 8.62. The molecule has 3 aliphatic rings. The molecule has 1 unspecified atom stereocenters. The first-order valence-electron chi connectivity index (χ1n) is 14.7. The highest BCUT2D eigenvalue weighted by Crippen LogP contribution is 2.48. The second-order valence-corrected chi connectivity index (χ2v) is 11.8. The Hall–Kier alpha value is -4.36. The number of hydrogen-bond donors (Lipinski definition) is 1. The minimum atomic E-state index is -1.05. The summed E-state index contributed by atoms with van der Waals surface area (Å²) in [4.78, 5) is 23.7. The van der Waals surface area contributed by atoms with Crippen LogP contribution in [0.1, 0.15) is 59.7 Å². The second kappa shape index (κ2) is 11.3. The molecule has 1 fully saturated rings. The van der Waals surface area contributed by atoms with Crippen molar-refractivity contribution in [1.82, 2.24) is 19.4 Å². The third kappa shape index (κ3) is 5.19. The maximum absolute atomic E-state index is 11.9. The van der Waals surface area contributed by atoms with Crippen molar-refractivity contribution in [2.75, 3.05) is 19.7 Å². The molecule has 0 spiro atoms. The van der Waals surface area contributed by atoms with Crippen LogP contribution in [-0.2, 0) is 23.6 Å². The topological polar surface area (TPSA) is 98.9 Å². The van der Waals surface area contributed by atoms with Crippen molar-refractivity contribution >= 4 is 34.2 Å². The van der Waals surface area contributed by atoms with E-state index in [2.05, 4.69) is 38.4 Å². The van der Waals surface area contributed by atoms with E-state index in [9.17, 15) is 9.90 Å². The van der Waals surface area contributed by atoms with E-state index in [1.165, 1.54) is 5.57 Å². The Morgan fingerprint density at radius 3 is 2.77 bits per heavy atom. The molecule has 0 saturated carbocycles. The fourth-order valence-electron chi connectivity index (χ4n) is 6.01. The molecule has 2 aromatic heterocycles. The van der Waals surface area contributed by atoms with Crippen LogP contribution in [-0.4, -0.2) is 56.3 Å². The molecule has 7 rings (SSSR count). The number of imidazole rings is 1. The van der Waals surface area contributed by atoms with Gasteiger partial charge in [-0.25, -0.2) is 9.78 Å². The predicted octanol–water partition coefficient (Wildman–Crippen LogP) is 5.88. The molecule has 1 saturated heterocycles. The molecule has 10 heteroatoms. The first kappa shape index (κ1) is 28.4. The van der Waals surface area contributed by atoms with Gasteiger partial charge in [0.05, 0.1) is 40.9 Å². The zero-order chi connectivity index (χ0) is 30.4. The Morgan fingerprint density at radius 2 is 2.09 bits per heavy atom. The molecule has 0 aliphatic carbocycles. The van der Waals surface area contributed by atoms with Gasteiger partial charge in [0.1, 0.15) is 17.0 Å². The smallest absolute Gasteiger partial charge is 0.335 e. The molecule has 224 valence electrons. The van der Waals surface area contributed by atoms with E-state index in [1.807, 2.05) is 25.1 Å². The zero-order valence-corrected chi connectivity index (χ0v) is 25.2. The summed E-state index contributed by atoms with van der Waals surface area (Å²) in [5.41, 5.74) is 5.17. The molecule has 2 aromatic carbocycles. The van der Waals surface area contributed by atoms with Crippen molar-refractivity contribution in [2.45, 2.75) is 51.7 Å². The summed E-state index contributed by atoms with van der Waals surface area (Å²) in [6.45, 7) is 7.12. The lowest BCUT2D eigenvalue weighted by molar-refractivity contribution is -0.0718. The van der Waals surface area contributed by atoms with Crippen molar-refractivity contribution in [2.24, 2.45) is 0 Å². The first-order valence-corrected chi connectivity index (χ1v) is 15.0. The van der Waals surface area contributed by atoms with E-state index < -0.39 is 11.8 Å². The van der Waals surface area contributed by atoms with E-state index in [1.54, 1.807) is 31.3 Å². The molecule has 0 radical (unpaired) electrons. The number of rotatable bonds is 7. The Balaban J connectivity index is 1.15. The van der Waals surface area contributed by atoms with Gasteiger partial charge >= 0.3 is 5.97 Å². The van der Waals surface area contributed by atoms with Crippen LogP contribution in [0, 0.1) is 11.8 Å². The molecule has 3 aliphatic heterocycles. The quantitative estimate of drug-likeness (QED) is 0.259. The standard InChI is InChI=1S/C34H31ClN4O5/c1-3-5-22-16-23(33(40)41)17-27-31(22)37-30(39(27)19-25-12-15-42-25)20-38-13-10-21(11-14-38)26-6-4-7-28-32(26)44-34(2,43-28)29-9-8-24(35)18-36-29/h4,6-10,16-18,25H,11-15,19-20H2,1-2H3,(H,40,41)/t25-,34?/m0/s1. The number of fused-ring (bicyclic) bond motifs is 2. The van der Waals surface area contributed by atoms with E-state index >= 15 is 0 Å². The number of pyridine rings is 1. The number of halogens is 1. The van der Waals surface area contributed by atoms with Gasteiger partial charge in [-0.2, -0.15) is 0 Å². The molecular weight excluding hydrogens is 580 g/mol. The Bertz CT molecular complexity index is 1870. The van der Waals surface area contributed by atoms with Gasteiger partial charge in [-0.1, -0.05) is 35.7 Å². The van der Waals surface area contributed by atoms with Gasteiger partial charge < -0.3 is 23.9 Å². The summed E-state index contributed by atoms with van der Waals surface area (Å²) in [6, 6.07) is 12.9. The van der Waals surface area contributed by atoms with E-state index in [0.717, 1.165) is 55.0 Å². The maximum Gasteiger partial charge on any atom is 0.335 e. The summed E-state index contributed by atoms with van der Waals surface area (Å²) in [7, 11) is 0. The predicted molar refractivity (Wildman–Crippen MR) is 166 cm³/mol. The Kier molecular flexibility index (Phi) is 7.29. The van der Waals surface area contributed by atoms with Crippen molar-refractivity contribution in [3.63, 3.8) is 0 Å². The number of benzene rings is 2. The first-order chi connectivity index (χ1) is 21.3. The third-order valence-electron chi connectivity index (χ3n) is 8.40. The second-order valence-electron chi connectivity index (χ2n) is 11.4. The molecule has 0 amide bonds. The van der Waals surface area contributed by atoms with Crippen molar-refractivity contribution in [1.29, 1.82) is 0 Å². The van der Waals surface area contributed by atoms with Gasteiger partial charge in [0.15, 0.2) is 11.5 Å². The van der Waals surface area contributed by atoms with Crippen LogP contribution in [0.5, 0.6) is 11.5 Å². The number of para-hydroxylation sites is 1. The maximum atomic E-state index is 11.9. The van der Waals surface area contributed by atoms with Gasteiger partial charge in [-0.3, -0.25) is 9.88 Å². The largest absolute Gasteiger partial charge is 0.478 e. The summed E-state index contributed by atoms with van der Waals surface area (Å²) >= 11 is 6.05. The average Bonchev–Trinajstić information content (AvgIpc) is 3.53. The molecule has 4 aromatic rings. The summed E-state index contributed by atoms with van der Waals surface area (Å²) in [5, 5.41) is 10.3. The lowest BCUT2D eigenvalue weighted by Gasteiger charge is -2.29. The summed E-state index contributed by atoms with van der Waals surface area (Å²) in [5.74, 6) is 6.21. The number of nitrogens with zero attached hydrogens (tertiary/aromatic N) is 4. The molecule has 2 atom stereocenters. The molecule has 5 heterocycles. The van der Waals surface area contributed by atoms with Gasteiger partial charge in [0.2, 0.25) is 0 Å².